The molecular weight excluding hydrogens is 476 g/mol. The van der Waals surface area contributed by atoms with Crippen molar-refractivity contribution in [3.8, 4) is 0 Å². The Morgan fingerprint density at radius 3 is 2.26 bits per heavy atom. The zero-order chi connectivity index (χ0) is 26.2. The van der Waals surface area contributed by atoms with Crippen molar-refractivity contribution in [1.29, 1.82) is 0 Å². The molecule has 1 aromatic rings. The minimum atomic E-state index is -0.833. The van der Waals surface area contributed by atoms with Gasteiger partial charge >= 0.3 is 0 Å². The lowest BCUT2D eigenvalue weighted by Crippen LogP contribution is -2.65. The number of aliphatic carboxylic acids is 2. The SMILES string of the molecule is CC(=O)O.CC(=O)O.CCc1nnc(N2CC(C(=O)N3CCN(C)C4(CCNCC4)C3)CC2=O)s1. The van der Waals surface area contributed by atoms with Crippen molar-refractivity contribution in [2.45, 2.75) is 52.0 Å². The number of nitrogens with one attached hydrogen (secondary N) is 1. The molecule has 35 heavy (non-hydrogen) atoms. The first-order valence-corrected chi connectivity index (χ1v) is 12.5. The van der Waals surface area contributed by atoms with Crippen molar-refractivity contribution in [2.24, 2.45) is 5.92 Å². The Labute approximate surface area is 209 Å². The highest BCUT2D eigenvalue weighted by molar-refractivity contribution is 7.15. The number of carboxylic acids is 2. The lowest BCUT2D eigenvalue weighted by Gasteiger charge is -2.51. The smallest absolute Gasteiger partial charge is 0.300 e. The summed E-state index contributed by atoms with van der Waals surface area (Å²) in [6.45, 7) is 9.02. The molecule has 3 saturated heterocycles. The molecule has 2 amide bonds. The first-order valence-electron chi connectivity index (χ1n) is 11.7. The summed E-state index contributed by atoms with van der Waals surface area (Å²) in [7, 11) is 2.18. The first kappa shape index (κ1) is 28.6. The lowest BCUT2D eigenvalue weighted by molar-refractivity contribution is -0.141. The van der Waals surface area contributed by atoms with Crippen molar-refractivity contribution >= 4 is 40.2 Å². The van der Waals surface area contributed by atoms with E-state index in [0.717, 1.165) is 70.8 Å². The second kappa shape index (κ2) is 12.9. The Morgan fingerprint density at radius 1 is 1.11 bits per heavy atom. The summed E-state index contributed by atoms with van der Waals surface area (Å²) in [5.74, 6) is -1.83. The molecule has 0 aliphatic carbocycles. The summed E-state index contributed by atoms with van der Waals surface area (Å²) in [5.41, 5.74) is 0.0801. The number of carbonyl (C=O) groups is 4. The maximum Gasteiger partial charge on any atom is 0.300 e. The van der Waals surface area contributed by atoms with Gasteiger partial charge in [0, 0.05) is 52.0 Å². The number of hydrogen-bond donors (Lipinski definition) is 3. The Morgan fingerprint density at radius 2 is 1.71 bits per heavy atom. The van der Waals surface area contributed by atoms with Crippen LogP contribution in [-0.2, 0) is 25.6 Å². The summed E-state index contributed by atoms with van der Waals surface area (Å²) in [4.78, 5) is 49.8. The number of aromatic nitrogens is 2. The van der Waals surface area contributed by atoms with E-state index < -0.39 is 11.9 Å². The van der Waals surface area contributed by atoms with Crippen LogP contribution in [0.4, 0.5) is 5.13 Å². The average molecular weight is 513 g/mol. The van der Waals surface area contributed by atoms with Crippen LogP contribution in [0.15, 0.2) is 0 Å². The minimum Gasteiger partial charge on any atom is -0.481 e. The Hall–Kier alpha value is -2.64. The van der Waals surface area contributed by atoms with Crippen molar-refractivity contribution in [3.05, 3.63) is 5.01 Å². The van der Waals surface area contributed by atoms with Crippen molar-refractivity contribution in [1.82, 2.24) is 25.3 Å². The largest absolute Gasteiger partial charge is 0.481 e. The second-order valence-corrected chi connectivity index (χ2v) is 9.97. The fourth-order valence-electron chi connectivity index (χ4n) is 4.50. The van der Waals surface area contributed by atoms with Crippen molar-refractivity contribution in [2.75, 3.05) is 51.2 Å². The summed E-state index contributed by atoms with van der Waals surface area (Å²) < 4.78 is 0. The maximum atomic E-state index is 13.2. The third-order valence-electron chi connectivity index (χ3n) is 6.31. The number of likely N-dealkylation sites (N-methyl/N-ethyl adjacent to an activating group) is 1. The van der Waals surface area contributed by atoms with Crippen molar-refractivity contribution < 1.29 is 29.4 Å². The Kier molecular flexibility index (Phi) is 10.5. The number of piperidine rings is 1. The molecule has 0 bridgehead atoms. The van der Waals surface area contributed by atoms with E-state index in [4.69, 9.17) is 19.8 Å². The van der Waals surface area contributed by atoms with Gasteiger partial charge in [0.15, 0.2) is 0 Å². The highest BCUT2D eigenvalue weighted by Gasteiger charge is 2.45. The van der Waals surface area contributed by atoms with Gasteiger partial charge in [-0.25, -0.2) is 0 Å². The van der Waals surface area contributed by atoms with Crippen LogP contribution in [0.5, 0.6) is 0 Å². The second-order valence-electron chi connectivity index (χ2n) is 8.93. The van der Waals surface area contributed by atoms with Gasteiger partial charge in [-0.2, -0.15) is 0 Å². The zero-order valence-electron chi connectivity index (χ0n) is 20.8. The summed E-state index contributed by atoms with van der Waals surface area (Å²) in [6, 6.07) is 0. The van der Waals surface area contributed by atoms with Gasteiger partial charge in [0.05, 0.1) is 5.92 Å². The molecule has 13 heteroatoms. The third-order valence-corrected chi connectivity index (χ3v) is 7.40. The lowest BCUT2D eigenvalue weighted by atomic mass is 9.84. The molecule has 4 rings (SSSR count). The van der Waals surface area contributed by atoms with Crippen LogP contribution in [0.25, 0.3) is 0 Å². The number of aryl methyl sites for hydroxylation is 1. The fourth-order valence-corrected chi connectivity index (χ4v) is 5.30. The van der Waals surface area contributed by atoms with E-state index in [2.05, 4.69) is 27.5 Å². The topological polar surface area (TPSA) is 156 Å². The van der Waals surface area contributed by atoms with Crippen LogP contribution < -0.4 is 10.2 Å². The molecule has 1 unspecified atom stereocenters. The first-order chi connectivity index (χ1) is 16.5. The normalized spacial score (nSPS) is 21.6. The number of carboxylic acid groups (broad SMARTS) is 2. The van der Waals surface area contributed by atoms with E-state index in [-0.39, 0.29) is 29.7 Å². The number of carbonyl (C=O) groups excluding carboxylic acids is 2. The molecule has 0 saturated carbocycles. The van der Waals surface area contributed by atoms with E-state index in [9.17, 15) is 9.59 Å². The fraction of sp³-hybridized carbons (Fsp3) is 0.727. The van der Waals surface area contributed by atoms with Gasteiger partial charge in [-0.15, -0.1) is 10.2 Å². The molecule has 196 valence electrons. The molecule has 0 aromatic carbocycles. The standard InChI is InChI=1S/C18H28N6O2S.2C2H4O2/c1-3-14-20-21-17(27-14)24-11-13(10-15(24)25)16(26)23-9-8-22(2)18(12-23)4-6-19-7-5-18;2*1-2(3)4/h13,19H,3-12H2,1-2H3;2*1H3,(H,3,4). The van der Waals surface area contributed by atoms with Crippen molar-refractivity contribution in [3.63, 3.8) is 0 Å². The summed E-state index contributed by atoms with van der Waals surface area (Å²) in [6.07, 6.45) is 3.21. The molecule has 3 aliphatic rings. The summed E-state index contributed by atoms with van der Waals surface area (Å²) in [5, 5.41) is 28.0. The number of hydrogen-bond acceptors (Lipinski definition) is 9. The number of piperazine rings is 1. The number of anilines is 1. The molecule has 4 heterocycles. The monoisotopic (exact) mass is 512 g/mol. The quantitative estimate of drug-likeness (QED) is 0.522. The summed E-state index contributed by atoms with van der Waals surface area (Å²) >= 11 is 1.45. The highest BCUT2D eigenvalue weighted by Crippen LogP contribution is 2.32. The van der Waals surface area contributed by atoms with Gasteiger partial charge in [-0.3, -0.25) is 29.0 Å². The number of nitrogens with zero attached hydrogens (tertiary/aromatic N) is 5. The molecule has 3 aliphatic heterocycles. The van der Waals surface area contributed by atoms with Gasteiger partial charge in [0.25, 0.3) is 11.9 Å². The van der Waals surface area contributed by atoms with E-state index in [1.807, 2.05) is 11.8 Å². The van der Waals surface area contributed by atoms with Crippen LogP contribution in [0.1, 0.15) is 45.0 Å². The van der Waals surface area contributed by atoms with Crippen LogP contribution in [-0.4, -0.2) is 106 Å². The van der Waals surface area contributed by atoms with E-state index in [1.54, 1.807) is 4.90 Å². The minimum absolute atomic E-state index is 0.0159. The van der Waals surface area contributed by atoms with Crippen LogP contribution in [0.2, 0.25) is 0 Å². The van der Waals surface area contributed by atoms with Gasteiger partial charge in [-0.05, 0) is 39.4 Å². The van der Waals surface area contributed by atoms with Gasteiger partial charge in [0.2, 0.25) is 16.9 Å². The van der Waals surface area contributed by atoms with Gasteiger partial charge < -0.3 is 20.4 Å². The van der Waals surface area contributed by atoms with Gasteiger partial charge in [-0.1, -0.05) is 18.3 Å². The molecule has 3 fully saturated rings. The van der Waals surface area contributed by atoms with E-state index in [0.29, 0.717) is 11.7 Å². The van der Waals surface area contributed by atoms with Crippen LogP contribution in [0, 0.1) is 5.92 Å². The molecule has 1 atom stereocenters. The van der Waals surface area contributed by atoms with Gasteiger partial charge in [0.1, 0.15) is 5.01 Å². The molecule has 12 nitrogen and oxygen atoms in total. The predicted molar refractivity (Wildman–Crippen MR) is 130 cm³/mol. The third kappa shape index (κ3) is 7.94. The molecule has 1 aromatic heterocycles. The number of amides is 2. The average Bonchev–Trinajstić information content (AvgIpc) is 3.41. The molecule has 3 N–H and O–H groups in total. The van der Waals surface area contributed by atoms with E-state index >= 15 is 0 Å². The Balaban J connectivity index is 0.000000473. The van der Waals surface area contributed by atoms with Crippen LogP contribution >= 0.6 is 11.3 Å². The zero-order valence-corrected chi connectivity index (χ0v) is 21.6. The Bertz CT molecular complexity index is 883. The molecule has 0 radical (unpaired) electrons. The number of rotatable bonds is 3. The highest BCUT2D eigenvalue weighted by atomic mass is 32.1. The maximum absolute atomic E-state index is 13.2. The molecule has 1 spiro atoms. The van der Waals surface area contributed by atoms with E-state index in [1.165, 1.54) is 11.3 Å². The van der Waals surface area contributed by atoms with Crippen LogP contribution in [0.3, 0.4) is 0 Å². The molecular formula is C22H36N6O6S. The predicted octanol–water partition coefficient (Wildman–Crippen LogP) is 0.531.